The summed E-state index contributed by atoms with van der Waals surface area (Å²) >= 11 is 0. The van der Waals surface area contributed by atoms with Gasteiger partial charge in [-0.15, -0.1) is 4.91 Å². The fraction of sp³-hybridized carbons (Fsp3) is 0.0769. The van der Waals surface area contributed by atoms with Gasteiger partial charge in [0, 0.05) is 5.69 Å². The first-order chi connectivity index (χ1) is 8.76. The van der Waals surface area contributed by atoms with Crippen LogP contribution in [0.15, 0.2) is 47.6 Å². The van der Waals surface area contributed by atoms with Crippen LogP contribution in [0.5, 0.6) is 5.75 Å². The highest BCUT2D eigenvalue weighted by Gasteiger charge is 2.15. The van der Waals surface area contributed by atoms with E-state index in [9.17, 15) is 9.30 Å². The van der Waals surface area contributed by atoms with E-state index < -0.39 is 5.82 Å². The molecule has 0 unspecified atom stereocenters. The summed E-state index contributed by atoms with van der Waals surface area (Å²) in [7, 11) is 1.34. The van der Waals surface area contributed by atoms with Gasteiger partial charge < -0.3 is 10.1 Å². The van der Waals surface area contributed by atoms with Crippen molar-refractivity contribution in [2.75, 3.05) is 12.4 Å². The molecule has 0 atom stereocenters. The van der Waals surface area contributed by atoms with Gasteiger partial charge in [-0.2, -0.15) is 0 Å². The number of hydrogen-bond donors (Lipinski definition) is 1. The maximum absolute atomic E-state index is 13.6. The van der Waals surface area contributed by atoms with E-state index in [1.54, 1.807) is 12.1 Å². The van der Waals surface area contributed by atoms with Crippen molar-refractivity contribution >= 4 is 17.1 Å². The topological polar surface area (TPSA) is 50.7 Å². The Balaban J connectivity index is 2.48. The fourth-order valence-corrected chi connectivity index (χ4v) is 1.61. The first kappa shape index (κ1) is 12.0. The third-order valence-corrected chi connectivity index (χ3v) is 2.43. The molecule has 1 N–H and O–H groups in total. The highest BCUT2D eigenvalue weighted by molar-refractivity contribution is 5.78. The molecule has 2 aromatic rings. The summed E-state index contributed by atoms with van der Waals surface area (Å²) in [6.45, 7) is 0. The van der Waals surface area contributed by atoms with E-state index in [0.29, 0.717) is 5.69 Å². The molecule has 0 heterocycles. The molecule has 0 saturated carbocycles. The predicted octanol–water partition coefficient (Wildman–Crippen LogP) is 3.98. The van der Waals surface area contributed by atoms with Gasteiger partial charge in [-0.25, -0.2) is 4.39 Å². The van der Waals surface area contributed by atoms with Crippen LogP contribution in [0.25, 0.3) is 0 Å². The Labute approximate surface area is 103 Å². The Bertz CT molecular complexity index is 558. The van der Waals surface area contributed by atoms with Gasteiger partial charge >= 0.3 is 0 Å². The van der Waals surface area contributed by atoms with Crippen LogP contribution in [0.4, 0.5) is 21.5 Å². The molecule has 0 fully saturated rings. The zero-order valence-electron chi connectivity index (χ0n) is 9.68. The van der Waals surface area contributed by atoms with Gasteiger partial charge in [0.05, 0.1) is 7.11 Å². The van der Waals surface area contributed by atoms with Gasteiger partial charge in [0.1, 0.15) is 11.4 Å². The number of halogens is 1. The van der Waals surface area contributed by atoms with E-state index >= 15 is 0 Å². The van der Waals surface area contributed by atoms with Crippen molar-refractivity contribution in [3.8, 4) is 5.75 Å². The lowest BCUT2D eigenvalue weighted by atomic mass is 10.2. The number of methoxy groups -OCH3 is 1. The monoisotopic (exact) mass is 246 g/mol. The van der Waals surface area contributed by atoms with E-state index in [0.717, 1.165) is 6.07 Å². The van der Waals surface area contributed by atoms with Crippen LogP contribution >= 0.6 is 0 Å². The van der Waals surface area contributed by atoms with Gasteiger partial charge in [-0.1, -0.05) is 18.2 Å². The summed E-state index contributed by atoms with van der Waals surface area (Å²) in [5, 5.41) is 5.78. The molecular weight excluding hydrogens is 235 g/mol. The van der Waals surface area contributed by atoms with Crippen molar-refractivity contribution in [3.63, 3.8) is 0 Å². The minimum atomic E-state index is -0.552. The molecule has 0 bridgehead atoms. The molecule has 0 aliphatic heterocycles. The number of ether oxygens (including phenoxy) is 1. The van der Waals surface area contributed by atoms with Crippen molar-refractivity contribution in [3.05, 3.63) is 53.2 Å². The average Bonchev–Trinajstić information content (AvgIpc) is 2.40. The molecule has 18 heavy (non-hydrogen) atoms. The summed E-state index contributed by atoms with van der Waals surface area (Å²) in [4.78, 5) is 10.7. The lowest BCUT2D eigenvalue weighted by Crippen LogP contribution is -1.97. The predicted molar refractivity (Wildman–Crippen MR) is 68.1 cm³/mol. The summed E-state index contributed by atoms with van der Waals surface area (Å²) in [5.74, 6) is -0.584. The first-order valence-corrected chi connectivity index (χ1v) is 5.28. The third kappa shape index (κ3) is 2.29. The highest BCUT2D eigenvalue weighted by Crippen LogP contribution is 2.38. The molecule has 5 heteroatoms. The second-order valence-electron chi connectivity index (χ2n) is 3.56. The molecule has 0 aliphatic carbocycles. The number of anilines is 2. The molecule has 0 saturated heterocycles. The number of rotatable bonds is 4. The molecule has 0 aromatic heterocycles. The standard InChI is InChI=1S/C13H11FN2O2/c1-18-13-10(14)7-8-11(16-17)12(13)15-9-5-3-2-4-6-9/h2-8,15H,1H3. The molecule has 0 spiro atoms. The lowest BCUT2D eigenvalue weighted by Gasteiger charge is -2.13. The third-order valence-electron chi connectivity index (χ3n) is 2.43. The molecule has 0 radical (unpaired) electrons. The maximum Gasteiger partial charge on any atom is 0.180 e. The zero-order chi connectivity index (χ0) is 13.0. The molecule has 92 valence electrons. The van der Waals surface area contributed by atoms with Crippen LogP contribution in [0, 0.1) is 10.7 Å². The van der Waals surface area contributed by atoms with Crippen molar-refractivity contribution in [1.82, 2.24) is 0 Å². The van der Waals surface area contributed by atoms with E-state index in [1.807, 2.05) is 18.2 Å². The van der Waals surface area contributed by atoms with Gasteiger partial charge in [-0.3, -0.25) is 0 Å². The molecule has 0 amide bonds. The normalized spacial score (nSPS) is 9.89. The van der Waals surface area contributed by atoms with Gasteiger partial charge in [0.15, 0.2) is 11.6 Å². The Morgan fingerprint density at radius 3 is 2.50 bits per heavy atom. The Kier molecular flexibility index (Phi) is 3.52. The molecule has 2 aromatic carbocycles. The maximum atomic E-state index is 13.6. The number of nitrogens with zero attached hydrogens (tertiary/aromatic N) is 1. The molecule has 0 aliphatic rings. The average molecular weight is 246 g/mol. The van der Waals surface area contributed by atoms with E-state index in [-0.39, 0.29) is 17.1 Å². The summed E-state index contributed by atoms with van der Waals surface area (Å²) in [6.07, 6.45) is 0. The van der Waals surface area contributed by atoms with Crippen LogP contribution in [-0.4, -0.2) is 7.11 Å². The van der Waals surface area contributed by atoms with E-state index in [2.05, 4.69) is 10.5 Å². The van der Waals surface area contributed by atoms with Crippen LogP contribution < -0.4 is 10.1 Å². The summed E-state index contributed by atoms with van der Waals surface area (Å²) in [5.41, 5.74) is 1.03. The fourth-order valence-electron chi connectivity index (χ4n) is 1.61. The van der Waals surface area contributed by atoms with Crippen LogP contribution in [0.3, 0.4) is 0 Å². The van der Waals surface area contributed by atoms with Crippen LogP contribution in [0.1, 0.15) is 0 Å². The zero-order valence-corrected chi connectivity index (χ0v) is 9.68. The second kappa shape index (κ2) is 5.27. The van der Waals surface area contributed by atoms with Gasteiger partial charge in [-0.05, 0) is 29.4 Å². The smallest absolute Gasteiger partial charge is 0.180 e. The minimum Gasteiger partial charge on any atom is -0.492 e. The quantitative estimate of drug-likeness (QED) is 0.830. The number of hydrogen-bond acceptors (Lipinski definition) is 4. The van der Waals surface area contributed by atoms with Crippen molar-refractivity contribution in [2.45, 2.75) is 0 Å². The Hall–Kier alpha value is -2.43. The molecular formula is C13H11FN2O2. The number of benzene rings is 2. The number of nitrogens with one attached hydrogen (secondary N) is 1. The minimum absolute atomic E-state index is 0.0315. The second-order valence-corrected chi connectivity index (χ2v) is 3.56. The van der Waals surface area contributed by atoms with Gasteiger partial charge in [0.2, 0.25) is 0 Å². The van der Waals surface area contributed by atoms with E-state index in [4.69, 9.17) is 4.74 Å². The van der Waals surface area contributed by atoms with Crippen LogP contribution in [0.2, 0.25) is 0 Å². The highest BCUT2D eigenvalue weighted by atomic mass is 19.1. The summed E-state index contributed by atoms with van der Waals surface area (Å²) in [6, 6.07) is 11.5. The largest absolute Gasteiger partial charge is 0.492 e. The Morgan fingerprint density at radius 1 is 1.17 bits per heavy atom. The SMILES string of the molecule is COc1c(F)ccc(N=O)c1Nc1ccccc1. The van der Waals surface area contributed by atoms with Gasteiger partial charge in [0.25, 0.3) is 0 Å². The summed E-state index contributed by atoms with van der Waals surface area (Å²) < 4.78 is 18.5. The van der Waals surface area contributed by atoms with Crippen molar-refractivity contribution in [2.24, 2.45) is 5.18 Å². The Morgan fingerprint density at radius 2 is 1.89 bits per heavy atom. The lowest BCUT2D eigenvalue weighted by molar-refractivity contribution is 0.389. The molecule has 4 nitrogen and oxygen atoms in total. The van der Waals surface area contributed by atoms with Crippen molar-refractivity contribution in [1.29, 1.82) is 0 Å². The number of para-hydroxylation sites is 1. The van der Waals surface area contributed by atoms with E-state index in [1.165, 1.54) is 13.2 Å². The number of nitroso groups, excluding NO2 is 1. The van der Waals surface area contributed by atoms with Crippen LogP contribution in [-0.2, 0) is 0 Å². The van der Waals surface area contributed by atoms with Crippen molar-refractivity contribution < 1.29 is 9.13 Å². The first-order valence-electron chi connectivity index (χ1n) is 5.28. The molecule has 2 rings (SSSR count).